The third kappa shape index (κ3) is 4.53. The molecule has 0 radical (unpaired) electrons. The zero-order valence-corrected chi connectivity index (χ0v) is 18.8. The molecule has 1 aliphatic carbocycles. The first-order valence-electron chi connectivity index (χ1n) is 11.4. The van der Waals surface area contributed by atoms with Crippen LogP contribution in [0.15, 0.2) is 59.1 Å². The van der Waals surface area contributed by atoms with Gasteiger partial charge in [0.1, 0.15) is 11.6 Å². The molecule has 7 heteroatoms. The van der Waals surface area contributed by atoms with Crippen LogP contribution < -0.4 is 10.1 Å². The van der Waals surface area contributed by atoms with E-state index in [1.807, 2.05) is 36.5 Å². The number of rotatable bonds is 6. The molecule has 1 fully saturated rings. The summed E-state index contributed by atoms with van der Waals surface area (Å²) in [5.41, 5.74) is 2.92. The van der Waals surface area contributed by atoms with Crippen molar-refractivity contribution in [2.75, 3.05) is 12.4 Å². The molecule has 170 valence electrons. The lowest BCUT2D eigenvalue weighted by Crippen LogP contribution is -2.29. The number of pyridine rings is 1. The Morgan fingerprint density at radius 1 is 1.03 bits per heavy atom. The van der Waals surface area contributed by atoms with Crippen LogP contribution in [0.5, 0.6) is 5.75 Å². The quantitative estimate of drug-likeness (QED) is 0.380. The van der Waals surface area contributed by atoms with Crippen LogP contribution in [-0.4, -0.2) is 28.3 Å². The first-order valence-corrected chi connectivity index (χ1v) is 11.4. The average molecular weight is 447 g/mol. The topological polar surface area (TPSA) is 73.1 Å². The second kappa shape index (κ2) is 9.17. The first kappa shape index (κ1) is 21.4. The van der Waals surface area contributed by atoms with Crippen molar-refractivity contribution in [2.45, 2.75) is 44.6 Å². The number of fused-ring (bicyclic) bond motifs is 1. The number of hydrogen-bond acceptors (Lipinski definition) is 6. The third-order valence-electron chi connectivity index (χ3n) is 6.77. The molecular formula is C26H27FN4O2. The van der Waals surface area contributed by atoms with E-state index in [2.05, 4.69) is 27.4 Å². The van der Waals surface area contributed by atoms with Gasteiger partial charge in [-0.05, 0) is 98.5 Å². The summed E-state index contributed by atoms with van der Waals surface area (Å²) in [5, 5.41) is 12.7. The Hall–Kier alpha value is -3.48. The Bertz CT molecular complexity index is 1230. The lowest BCUT2D eigenvalue weighted by atomic mass is 9.75. The summed E-state index contributed by atoms with van der Waals surface area (Å²) in [5.74, 6) is 1.98. The van der Waals surface area contributed by atoms with Crippen LogP contribution in [0.4, 0.5) is 10.4 Å². The van der Waals surface area contributed by atoms with Gasteiger partial charge in [-0.15, -0.1) is 5.10 Å². The number of anilines is 1. The van der Waals surface area contributed by atoms with Crippen LogP contribution in [0.1, 0.15) is 44.1 Å². The van der Waals surface area contributed by atoms with Gasteiger partial charge in [0.05, 0.1) is 12.6 Å². The molecule has 1 saturated carbocycles. The highest BCUT2D eigenvalue weighted by Gasteiger charge is 2.28. The normalized spacial score (nSPS) is 19.4. The minimum atomic E-state index is -0.211. The van der Waals surface area contributed by atoms with E-state index < -0.39 is 0 Å². The predicted molar refractivity (Wildman–Crippen MR) is 126 cm³/mol. The second-order valence-corrected chi connectivity index (χ2v) is 8.75. The van der Waals surface area contributed by atoms with E-state index in [-0.39, 0.29) is 11.9 Å². The summed E-state index contributed by atoms with van der Waals surface area (Å²) in [6, 6.07) is 15.1. The summed E-state index contributed by atoms with van der Waals surface area (Å²) < 4.78 is 24.9. The first-order chi connectivity index (χ1) is 16.1. The molecule has 1 N–H and O–H groups in total. The van der Waals surface area contributed by atoms with Gasteiger partial charge in [0.2, 0.25) is 5.89 Å². The number of aromatic nitrogens is 3. The van der Waals surface area contributed by atoms with E-state index in [1.165, 1.54) is 11.6 Å². The Balaban J connectivity index is 1.21. The van der Waals surface area contributed by atoms with E-state index >= 15 is 0 Å². The van der Waals surface area contributed by atoms with E-state index in [4.69, 9.17) is 9.15 Å². The van der Waals surface area contributed by atoms with Crippen molar-refractivity contribution >= 4 is 16.9 Å². The minimum Gasteiger partial charge on any atom is -0.497 e. The van der Waals surface area contributed by atoms with E-state index in [9.17, 15) is 4.39 Å². The number of nitrogens with zero attached hydrogens (tertiary/aromatic N) is 3. The highest BCUT2D eigenvalue weighted by molar-refractivity contribution is 5.82. The van der Waals surface area contributed by atoms with E-state index in [0.29, 0.717) is 23.7 Å². The third-order valence-corrected chi connectivity index (χ3v) is 6.77. The maximum Gasteiger partial charge on any atom is 0.315 e. The monoisotopic (exact) mass is 446 g/mol. The molecule has 2 aromatic carbocycles. The number of benzene rings is 2. The minimum absolute atomic E-state index is 0.210. The fourth-order valence-electron chi connectivity index (χ4n) is 4.87. The van der Waals surface area contributed by atoms with Crippen LogP contribution in [0.2, 0.25) is 0 Å². The lowest BCUT2D eigenvalue weighted by Gasteiger charge is -2.32. The number of nitrogens with one attached hydrogen (secondary N) is 1. The van der Waals surface area contributed by atoms with Gasteiger partial charge in [0, 0.05) is 23.2 Å². The summed E-state index contributed by atoms with van der Waals surface area (Å²) >= 11 is 0. The molecule has 0 spiro atoms. The molecule has 0 aliphatic heterocycles. The molecule has 6 nitrogen and oxygen atoms in total. The van der Waals surface area contributed by atoms with Gasteiger partial charge in [0.15, 0.2) is 0 Å². The second-order valence-electron chi connectivity index (χ2n) is 8.75. The maximum absolute atomic E-state index is 13.8. The van der Waals surface area contributed by atoms with Crippen molar-refractivity contribution in [3.05, 3.63) is 66.1 Å². The summed E-state index contributed by atoms with van der Waals surface area (Å²) in [6.45, 7) is 2.17. The molecule has 33 heavy (non-hydrogen) atoms. The summed E-state index contributed by atoms with van der Waals surface area (Å²) in [4.78, 5) is 4.39. The largest absolute Gasteiger partial charge is 0.497 e. The van der Waals surface area contributed by atoms with Crippen molar-refractivity contribution < 1.29 is 13.5 Å². The highest BCUT2D eigenvalue weighted by Crippen LogP contribution is 2.40. The molecule has 5 rings (SSSR count). The molecule has 4 aromatic rings. The van der Waals surface area contributed by atoms with Gasteiger partial charge in [0.25, 0.3) is 0 Å². The Labute approximate surface area is 192 Å². The zero-order valence-electron chi connectivity index (χ0n) is 18.8. The molecule has 0 bridgehead atoms. The summed E-state index contributed by atoms with van der Waals surface area (Å²) in [6.07, 6.45) is 6.12. The van der Waals surface area contributed by atoms with Gasteiger partial charge >= 0.3 is 6.01 Å². The smallest absolute Gasteiger partial charge is 0.315 e. The van der Waals surface area contributed by atoms with Crippen molar-refractivity contribution in [3.8, 4) is 17.2 Å². The molecule has 2 heterocycles. The van der Waals surface area contributed by atoms with Crippen molar-refractivity contribution in [3.63, 3.8) is 0 Å². The molecular weight excluding hydrogens is 419 g/mol. The molecule has 1 atom stereocenters. The van der Waals surface area contributed by atoms with Gasteiger partial charge < -0.3 is 14.5 Å². The average Bonchev–Trinajstić information content (AvgIpc) is 3.32. The van der Waals surface area contributed by atoms with Crippen molar-refractivity contribution in [1.82, 2.24) is 15.2 Å². The molecule has 0 saturated heterocycles. The van der Waals surface area contributed by atoms with Crippen molar-refractivity contribution in [2.24, 2.45) is 5.92 Å². The fraction of sp³-hybridized carbons (Fsp3) is 0.346. The van der Waals surface area contributed by atoms with Crippen LogP contribution >= 0.6 is 0 Å². The predicted octanol–water partition coefficient (Wildman–Crippen LogP) is 6.21. The van der Waals surface area contributed by atoms with Gasteiger partial charge in [-0.1, -0.05) is 5.10 Å². The number of methoxy groups -OCH3 is 1. The van der Waals surface area contributed by atoms with Crippen molar-refractivity contribution in [1.29, 1.82) is 0 Å². The Morgan fingerprint density at radius 3 is 2.58 bits per heavy atom. The number of ether oxygens (including phenoxy) is 1. The van der Waals surface area contributed by atoms with E-state index in [0.717, 1.165) is 47.9 Å². The fourth-order valence-corrected chi connectivity index (χ4v) is 4.87. The lowest BCUT2D eigenvalue weighted by molar-refractivity contribution is 0.299. The molecule has 0 unspecified atom stereocenters. The number of halogens is 1. The Morgan fingerprint density at radius 2 is 1.82 bits per heavy atom. The zero-order chi connectivity index (χ0) is 22.8. The van der Waals surface area contributed by atoms with Gasteiger partial charge in [-0.25, -0.2) is 4.39 Å². The van der Waals surface area contributed by atoms with Crippen LogP contribution in [-0.2, 0) is 0 Å². The maximum atomic E-state index is 13.8. The van der Waals surface area contributed by atoms with Gasteiger partial charge in [-0.3, -0.25) is 4.98 Å². The van der Waals surface area contributed by atoms with E-state index in [1.54, 1.807) is 19.2 Å². The van der Waals surface area contributed by atoms with Crippen LogP contribution in [0.25, 0.3) is 22.4 Å². The Kier molecular flexibility index (Phi) is 5.94. The standard InChI is InChI=1S/C26H27FN4O2/c1-16(29-26-31-30-25(33-26)19-7-10-21(32-2)11-8-19)17-3-5-18(6-4-17)22-13-14-28-24-12-9-20(27)15-23(22)24/h7-18H,3-6H2,1-2H3,(H,29,31)/t16-,17?,18?/m1/s1. The highest BCUT2D eigenvalue weighted by atomic mass is 19.1. The molecule has 1 aliphatic rings. The SMILES string of the molecule is COc1ccc(-c2nnc(N[C@H](C)C3CCC(c4ccnc5ccc(F)cc45)CC3)o2)cc1. The molecule has 0 amide bonds. The van der Waals surface area contributed by atoms with Crippen LogP contribution in [0.3, 0.4) is 0 Å². The molecule has 2 aromatic heterocycles. The number of hydrogen-bond donors (Lipinski definition) is 1. The van der Waals surface area contributed by atoms with Crippen LogP contribution in [0, 0.1) is 11.7 Å². The van der Waals surface area contributed by atoms with Gasteiger partial charge in [-0.2, -0.15) is 0 Å². The summed E-state index contributed by atoms with van der Waals surface area (Å²) in [7, 11) is 1.64.